The molecule has 0 aliphatic heterocycles. The Balaban J connectivity index is 2.30. The minimum atomic E-state index is -0.627. The van der Waals surface area contributed by atoms with Gasteiger partial charge in [0.1, 0.15) is 5.75 Å². The molecule has 0 atom stereocenters. The van der Waals surface area contributed by atoms with Crippen LogP contribution in [0.3, 0.4) is 0 Å². The molecule has 5 heteroatoms. The Hall–Kier alpha value is -1.88. The van der Waals surface area contributed by atoms with E-state index in [0.717, 1.165) is 11.3 Å². The van der Waals surface area contributed by atoms with Crippen LogP contribution < -0.4 is 10.5 Å². The fraction of sp³-hybridized carbons (Fsp3) is 0.333. The Morgan fingerprint density at radius 1 is 1.24 bits per heavy atom. The van der Waals surface area contributed by atoms with Crippen molar-refractivity contribution in [2.24, 2.45) is 5.73 Å². The van der Waals surface area contributed by atoms with Gasteiger partial charge in [0, 0.05) is 5.56 Å². The lowest BCUT2D eigenvalue weighted by Crippen LogP contribution is -2.28. The molecule has 0 radical (unpaired) electrons. The van der Waals surface area contributed by atoms with Gasteiger partial charge in [-0.3, -0.25) is 0 Å². The van der Waals surface area contributed by atoms with Crippen molar-refractivity contribution < 1.29 is 9.26 Å². The molecule has 1 aromatic heterocycles. The van der Waals surface area contributed by atoms with Gasteiger partial charge < -0.3 is 15.0 Å². The number of nitrogens with zero attached hydrogens (tertiary/aromatic N) is 2. The maximum atomic E-state index is 5.88. The highest BCUT2D eigenvalue weighted by molar-refractivity contribution is 5.55. The van der Waals surface area contributed by atoms with Gasteiger partial charge in [0.2, 0.25) is 11.7 Å². The molecular formula is C12H15N3O2. The molecule has 1 heterocycles. The summed E-state index contributed by atoms with van der Waals surface area (Å²) in [6.45, 7) is 3.64. The fourth-order valence-electron chi connectivity index (χ4n) is 1.34. The average Bonchev–Trinajstić information content (AvgIpc) is 2.78. The number of ether oxygens (including phenoxy) is 1. The summed E-state index contributed by atoms with van der Waals surface area (Å²) in [6, 6.07) is 7.44. The monoisotopic (exact) mass is 233 g/mol. The van der Waals surface area contributed by atoms with E-state index in [1.807, 2.05) is 38.1 Å². The molecule has 2 rings (SSSR count). The van der Waals surface area contributed by atoms with Crippen molar-refractivity contribution in [3.05, 3.63) is 30.2 Å². The molecule has 90 valence electrons. The van der Waals surface area contributed by atoms with Crippen molar-refractivity contribution in [1.82, 2.24) is 10.1 Å². The van der Waals surface area contributed by atoms with Crippen molar-refractivity contribution in [3.8, 4) is 17.1 Å². The third kappa shape index (κ3) is 2.45. The van der Waals surface area contributed by atoms with Gasteiger partial charge in [-0.1, -0.05) is 5.16 Å². The van der Waals surface area contributed by atoms with Crippen molar-refractivity contribution >= 4 is 0 Å². The van der Waals surface area contributed by atoms with E-state index in [-0.39, 0.29) is 0 Å². The van der Waals surface area contributed by atoms with Crippen LogP contribution in [0.5, 0.6) is 5.75 Å². The lowest BCUT2D eigenvalue weighted by molar-refractivity contribution is 0.312. The third-order valence-corrected chi connectivity index (χ3v) is 2.33. The van der Waals surface area contributed by atoms with Crippen LogP contribution in [0.2, 0.25) is 0 Å². The zero-order valence-electron chi connectivity index (χ0n) is 10.1. The van der Waals surface area contributed by atoms with Crippen molar-refractivity contribution in [3.63, 3.8) is 0 Å². The predicted molar refractivity (Wildman–Crippen MR) is 63.5 cm³/mol. The first-order chi connectivity index (χ1) is 8.00. The Morgan fingerprint density at radius 2 is 1.88 bits per heavy atom. The zero-order chi connectivity index (χ0) is 12.5. The van der Waals surface area contributed by atoms with Crippen LogP contribution in [0.4, 0.5) is 0 Å². The first kappa shape index (κ1) is 11.6. The molecule has 1 aromatic carbocycles. The highest BCUT2D eigenvalue weighted by Crippen LogP contribution is 2.22. The maximum absolute atomic E-state index is 5.88. The minimum absolute atomic E-state index is 0.420. The van der Waals surface area contributed by atoms with Crippen LogP contribution in [-0.2, 0) is 5.54 Å². The van der Waals surface area contributed by atoms with Crippen molar-refractivity contribution in [2.75, 3.05) is 7.11 Å². The van der Waals surface area contributed by atoms with Gasteiger partial charge in [-0.25, -0.2) is 0 Å². The molecule has 17 heavy (non-hydrogen) atoms. The summed E-state index contributed by atoms with van der Waals surface area (Å²) in [7, 11) is 1.62. The lowest BCUT2D eigenvalue weighted by Gasteiger charge is -2.10. The molecule has 0 amide bonds. The Kier molecular flexibility index (Phi) is 2.85. The molecule has 0 unspecified atom stereocenters. The average molecular weight is 233 g/mol. The SMILES string of the molecule is COc1ccc(-c2noc(C(C)(C)N)n2)cc1. The van der Waals surface area contributed by atoms with E-state index in [0.29, 0.717) is 11.7 Å². The fourth-order valence-corrected chi connectivity index (χ4v) is 1.34. The summed E-state index contributed by atoms with van der Waals surface area (Å²) in [6.07, 6.45) is 0. The van der Waals surface area contributed by atoms with Gasteiger partial charge in [0.25, 0.3) is 0 Å². The van der Waals surface area contributed by atoms with Crippen LogP contribution in [-0.4, -0.2) is 17.3 Å². The second-order valence-electron chi connectivity index (χ2n) is 4.37. The number of nitrogens with two attached hydrogens (primary N) is 1. The van der Waals surface area contributed by atoms with Gasteiger partial charge in [-0.05, 0) is 38.1 Å². The van der Waals surface area contributed by atoms with Gasteiger partial charge in [-0.15, -0.1) is 0 Å². The highest BCUT2D eigenvalue weighted by atomic mass is 16.5. The smallest absolute Gasteiger partial charge is 0.246 e. The summed E-state index contributed by atoms with van der Waals surface area (Å²) in [5.41, 5.74) is 6.12. The normalized spacial score (nSPS) is 11.5. The Morgan fingerprint density at radius 3 is 2.35 bits per heavy atom. The first-order valence-corrected chi connectivity index (χ1v) is 5.28. The molecule has 0 saturated carbocycles. The highest BCUT2D eigenvalue weighted by Gasteiger charge is 2.22. The third-order valence-electron chi connectivity index (χ3n) is 2.33. The van der Waals surface area contributed by atoms with E-state index >= 15 is 0 Å². The van der Waals surface area contributed by atoms with Crippen molar-refractivity contribution in [2.45, 2.75) is 19.4 Å². The summed E-state index contributed by atoms with van der Waals surface area (Å²) in [5.74, 6) is 1.74. The first-order valence-electron chi connectivity index (χ1n) is 5.28. The van der Waals surface area contributed by atoms with Gasteiger partial charge in [0.15, 0.2) is 0 Å². The number of rotatable bonds is 3. The molecule has 0 fully saturated rings. The van der Waals surface area contributed by atoms with Gasteiger partial charge >= 0.3 is 0 Å². The molecule has 0 aliphatic rings. The summed E-state index contributed by atoms with van der Waals surface area (Å²) < 4.78 is 10.2. The maximum Gasteiger partial charge on any atom is 0.246 e. The molecule has 0 spiro atoms. The molecule has 5 nitrogen and oxygen atoms in total. The number of methoxy groups -OCH3 is 1. The number of benzene rings is 1. The van der Waals surface area contributed by atoms with E-state index < -0.39 is 5.54 Å². The quantitative estimate of drug-likeness (QED) is 0.876. The topological polar surface area (TPSA) is 74.2 Å². The summed E-state index contributed by atoms with van der Waals surface area (Å²) >= 11 is 0. The lowest BCUT2D eigenvalue weighted by atomic mass is 10.1. The van der Waals surface area contributed by atoms with E-state index in [1.165, 1.54) is 0 Å². The van der Waals surface area contributed by atoms with Crippen molar-refractivity contribution in [1.29, 1.82) is 0 Å². The largest absolute Gasteiger partial charge is 0.497 e. The molecule has 2 aromatic rings. The number of hydrogen-bond acceptors (Lipinski definition) is 5. The molecule has 0 aliphatic carbocycles. The van der Waals surface area contributed by atoms with E-state index in [9.17, 15) is 0 Å². The number of hydrogen-bond donors (Lipinski definition) is 1. The second-order valence-corrected chi connectivity index (χ2v) is 4.37. The van der Waals surface area contributed by atoms with Gasteiger partial charge in [-0.2, -0.15) is 4.98 Å². The molecule has 2 N–H and O–H groups in total. The summed E-state index contributed by atoms with van der Waals surface area (Å²) in [4.78, 5) is 4.26. The minimum Gasteiger partial charge on any atom is -0.497 e. The van der Waals surface area contributed by atoms with E-state index in [2.05, 4.69) is 10.1 Å². The van der Waals surface area contributed by atoms with Crippen LogP contribution in [0.25, 0.3) is 11.4 Å². The molecule has 0 bridgehead atoms. The Labute approximate surface area is 99.6 Å². The predicted octanol–water partition coefficient (Wildman–Crippen LogP) is 1.94. The van der Waals surface area contributed by atoms with Crippen LogP contribution >= 0.6 is 0 Å². The summed E-state index contributed by atoms with van der Waals surface area (Å²) in [5, 5.41) is 3.90. The van der Waals surface area contributed by atoms with Gasteiger partial charge in [0.05, 0.1) is 12.6 Å². The second kappa shape index (κ2) is 4.18. The van der Waals surface area contributed by atoms with Crippen LogP contribution in [0.1, 0.15) is 19.7 Å². The van der Waals surface area contributed by atoms with Crippen LogP contribution in [0.15, 0.2) is 28.8 Å². The Bertz CT molecular complexity index is 497. The van der Waals surface area contributed by atoms with Crippen LogP contribution in [0, 0.1) is 0 Å². The number of aromatic nitrogens is 2. The standard InChI is InChI=1S/C12H15N3O2/c1-12(2,13)11-14-10(15-17-11)8-4-6-9(16-3)7-5-8/h4-7H,13H2,1-3H3. The van der Waals surface area contributed by atoms with E-state index in [1.54, 1.807) is 7.11 Å². The molecular weight excluding hydrogens is 218 g/mol. The molecule has 0 saturated heterocycles. The van der Waals surface area contributed by atoms with E-state index in [4.69, 9.17) is 15.0 Å². The zero-order valence-corrected chi connectivity index (χ0v) is 10.1.